The largest absolute Gasteiger partial charge is 0.272 e. The highest BCUT2D eigenvalue weighted by Gasteiger charge is 2.29. The van der Waals surface area contributed by atoms with E-state index >= 15 is 0 Å². The predicted octanol–water partition coefficient (Wildman–Crippen LogP) is 5.65. The van der Waals surface area contributed by atoms with Crippen molar-refractivity contribution in [1.29, 1.82) is 5.26 Å². The minimum Gasteiger partial charge on any atom is -0.272 e. The fourth-order valence-electron chi connectivity index (χ4n) is 4.64. The molecule has 0 spiro atoms. The third-order valence-electron chi connectivity index (χ3n) is 6.40. The number of fused-ring (bicyclic) bond motifs is 1. The number of nitrogens with zero attached hydrogens (tertiary/aromatic N) is 6. The molecule has 0 saturated heterocycles. The average Bonchev–Trinajstić information content (AvgIpc) is 3.47. The van der Waals surface area contributed by atoms with Gasteiger partial charge in [0.25, 0.3) is 0 Å². The number of nitriles is 1. The van der Waals surface area contributed by atoms with Crippen molar-refractivity contribution in [3.05, 3.63) is 66.8 Å². The van der Waals surface area contributed by atoms with Crippen LogP contribution >= 0.6 is 0 Å². The molecule has 0 atom stereocenters. The molecule has 0 unspecified atom stereocenters. The first-order valence-electron chi connectivity index (χ1n) is 10.9. The molecule has 6 heteroatoms. The van der Waals surface area contributed by atoms with E-state index in [1.165, 1.54) is 25.7 Å². The molecule has 4 aromatic rings. The first kappa shape index (κ1) is 20.1. The van der Waals surface area contributed by atoms with E-state index in [2.05, 4.69) is 46.0 Å². The lowest BCUT2D eigenvalue weighted by Gasteiger charge is -2.22. The molecular formula is C26H24N6. The van der Waals surface area contributed by atoms with Crippen molar-refractivity contribution in [2.45, 2.75) is 39.2 Å². The molecule has 3 heterocycles. The molecule has 1 fully saturated rings. The Kier molecular flexibility index (Phi) is 5.02. The van der Waals surface area contributed by atoms with Gasteiger partial charge < -0.3 is 0 Å². The van der Waals surface area contributed by atoms with E-state index < -0.39 is 0 Å². The van der Waals surface area contributed by atoms with Gasteiger partial charge in [-0.3, -0.25) is 4.68 Å². The van der Waals surface area contributed by atoms with Gasteiger partial charge in [0.15, 0.2) is 0 Å². The Bertz CT molecular complexity index is 1350. The second-order valence-corrected chi connectivity index (χ2v) is 8.90. The molecule has 1 saturated carbocycles. The molecule has 0 radical (unpaired) electrons. The van der Waals surface area contributed by atoms with Crippen LogP contribution < -0.4 is 0 Å². The van der Waals surface area contributed by atoms with Crippen LogP contribution in [0.4, 0.5) is 0 Å². The molecule has 0 aliphatic heterocycles. The number of pyridine rings is 1. The van der Waals surface area contributed by atoms with Crippen LogP contribution in [-0.4, -0.2) is 25.0 Å². The summed E-state index contributed by atoms with van der Waals surface area (Å²) in [5, 5.41) is 23.6. The molecule has 3 aromatic heterocycles. The summed E-state index contributed by atoms with van der Waals surface area (Å²) in [6.07, 6.45) is 10.8. The lowest BCUT2D eigenvalue weighted by atomic mass is 9.89. The summed E-state index contributed by atoms with van der Waals surface area (Å²) in [4.78, 5) is 4.64. The van der Waals surface area contributed by atoms with Gasteiger partial charge in [-0.05, 0) is 48.6 Å². The summed E-state index contributed by atoms with van der Waals surface area (Å²) >= 11 is 0. The minimum absolute atomic E-state index is 0.316. The summed E-state index contributed by atoms with van der Waals surface area (Å²) < 4.78 is 2.05. The van der Waals surface area contributed by atoms with Gasteiger partial charge in [-0.1, -0.05) is 38.5 Å². The summed E-state index contributed by atoms with van der Waals surface area (Å²) in [5.41, 5.74) is 5.77. The van der Waals surface area contributed by atoms with Crippen LogP contribution in [0.2, 0.25) is 0 Å². The fourth-order valence-corrected chi connectivity index (χ4v) is 4.64. The van der Waals surface area contributed by atoms with Crippen molar-refractivity contribution in [1.82, 2.24) is 25.0 Å². The van der Waals surface area contributed by atoms with Crippen LogP contribution in [0.5, 0.6) is 0 Å². The Labute approximate surface area is 187 Å². The van der Waals surface area contributed by atoms with Crippen LogP contribution in [0.25, 0.3) is 39.4 Å². The lowest BCUT2D eigenvalue weighted by Crippen LogP contribution is -2.19. The van der Waals surface area contributed by atoms with Crippen molar-refractivity contribution in [3.63, 3.8) is 0 Å². The highest BCUT2D eigenvalue weighted by atomic mass is 15.3. The van der Waals surface area contributed by atoms with E-state index in [4.69, 9.17) is 0 Å². The number of aromatic nitrogens is 5. The zero-order valence-corrected chi connectivity index (χ0v) is 18.1. The number of hydrogen-bond acceptors (Lipinski definition) is 5. The second kappa shape index (κ2) is 8.01. The average molecular weight is 421 g/mol. The summed E-state index contributed by atoms with van der Waals surface area (Å²) in [7, 11) is 0. The third-order valence-corrected chi connectivity index (χ3v) is 6.40. The van der Waals surface area contributed by atoms with Crippen molar-refractivity contribution >= 4 is 17.0 Å². The van der Waals surface area contributed by atoms with Crippen LogP contribution in [-0.2, 0) is 6.54 Å². The highest BCUT2D eigenvalue weighted by molar-refractivity contribution is 5.88. The van der Waals surface area contributed by atoms with E-state index in [9.17, 15) is 5.26 Å². The van der Waals surface area contributed by atoms with Gasteiger partial charge in [-0.25, -0.2) is 4.98 Å². The lowest BCUT2D eigenvalue weighted by molar-refractivity contribution is 0.268. The van der Waals surface area contributed by atoms with Crippen molar-refractivity contribution in [2.75, 3.05) is 0 Å². The Hall–Kier alpha value is -3.85. The molecule has 0 bridgehead atoms. The molecule has 0 N–H and O–H groups in total. The molecule has 5 rings (SSSR count). The molecule has 1 aliphatic carbocycles. The first-order chi connectivity index (χ1) is 15.6. The molecule has 32 heavy (non-hydrogen) atoms. The zero-order chi connectivity index (χ0) is 22.1. The van der Waals surface area contributed by atoms with E-state index in [1.807, 2.05) is 41.2 Å². The van der Waals surface area contributed by atoms with Crippen LogP contribution in [0.15, 0.2) is 55.4 Å². The number of hydrogen-bond donors (Lipinski definition) is 0. The van der Waals surface area contributed by atoms with Crippen molar-refractivity contribution in [3.8, 4) is 28.5 Å². The van der Waals surface area contributed by atoms with Crippen molar-refractivity contribution in [2.24, 2.45) is 5.41 Å². The quantitative estimate of drug-likeness (QED) is 0.417. The van der Waals surface area contributed by atoms with E-state index in [1.54, 1.807) is 12.1 Å². The maximum atomic E-state index is 9.43. The minimum atomic E-state index is 0.316. The van der Waals surface area contributed by atoms with Gasteiger partial charge in [0.1, 0.15) is 11.8 Å². The third kappa shape index (κ3) is 3.78. The maximum absolute atomic E-state index is 9.43. The van der Waals surface area contributed by atoms with Crippen LogP contribution in [0.3, 0.4) is 0 Å². The van der Waals surface area contributed by atoms with Crippen molar-refractivity contribution < 1.29 is 0 Å². The maximum Gasteiger partial charge on any atom is 0.141 e. The fraction of sp³-hybridized carbons (Fsp3) is 0.269. The van der Waals surface area contributed by atoms with Gasteiger partial charge in [0.2, 0.25) is 0 Å². The van der Waals surface area contributed by atoms with Gasteiger partial charge in [0, 0.05) is 34.8 Å². The molecule has 1 aliphatic rings. The van der Waals surface area contributed by atoms with Gasteiger partial charge in [-0.15, -0.1) is 5.10 Å². The first-order valence-corrected chi connectivity index (χ1v) is 10.9. The molecule has 1 aromatic carbocycles. The number of benzene rings is 1. The number of rotatable bonds is 5. The van der Waals surface area contributed by atoms with E-state index in [0.29, 0.717) is 11.1 Å². The SMILES string of the molecule is C=Cc1cc2ccc(-c3nc(C#N)ccc3-c3cnn(CC4(C)CCCC4)c3)cc2nn1. The van der Waals surface area contributed by atoms with Gasteiger partial charge >= 0.3 is 0 Å². The molecule has 158 valence electrons. The molecule has 0 amide bonds. The topological polar surface area (TPSA) is 80.3 Å². The van der Waals surface area contributed by atoms with E-state index in [0.717, 1.165) is 45.5 Å². The molecule has 6 nitrogen and oxygen atoms in total. The van der Waals surface area contributed by atoms with Gasteiger partial charge in [-0.2, -0.15) is 15.5 Å². The Morgan fingerprint density at radius 1 is 1.12 bits per heavy atom. The van der Waals surface area contributed by atoms with E-state index in [-0.39, 0.29) is 0 Å². The highest BCUT2D eigenvalue weighted by Crippen LogP contribution is 2.39. The van der Waals surface area contributed by atoms with Gasteiger partial charge in [0.05, 0.1) is 23.1 Å². The smallest absolute Gasteiger partial charge is 0.141 e. The normalized spacial score (nSPS) is 15.0. The zero-order valence-electron chi connectivity index (χ0n) is 18.1. The molecular weight excluding hydrogens is 396 g/mol. The second-order valence-electron chi connectivity index (χ2n) is 8.90. The van der Waals surface area contributed by atoms with Crippen LogP contribution in [0.1, 0.15) is 44.0 Å². The summed E-state index contributed by atoms with van der Waals surface area (Å²) in [6, 6.07) is 13.8. The predicted molar refractivity (Wildman–Crippen MR) is 125 cm³/mol. The van der Waals surface area contributed by atoms with Crippen LogP contribution in [0, 0.1) is 16.7 Å². The Morgan fingerprint density at radius 3 is 2.75 bits per heavy atom. The monoisotopic (exact) mass is 420 g/mol. The summed E-state index contributed by atoms with van der Waals surface area (Å²) in [5.74, 6) is 0. The standard InChI is InChI=1S/C26H24N6/c1-3-21-12-18-6-7-19(13-24(18)31-30-21)25-23(9-8-22(14-27)29-25)20-15-28-32(16-20)17-26(2)10-4-5-11-26/h3,6-9,12-13,15-16H,1,4-5,10-11,17H2,2H3. The summed E-state index contributed by atoms with van der Waals surface area (Å²) in [6.45, 7) is 7.03. The Morgan fingerprint density at radius 2 is 1.97 bits per heavy atom. The Balaban J connectivity index is 1.56.